The maximum atomic E-state index is 13.7. The number of nitrogens with one attached hydrogen (secondary N) is 1. The molecular weight excluding hydrogens is 394 g/mol. The summed E-state index contributed by atoms with van der Waals surface area (Å²) < 4.78 is 38.6. The molecule has 8 heteroatoms. The molecule has 1 unspecified atom stereocenters. The number of carbonyl (C=O) groups is 2. The maximum Gasteiger partial charge on any atom is 0.254 e. The predicted octanol–water partition coefficient (Wildman–Crippen LogP) is 3.62. The highest BCUT2D eigenvalue weighted by Gasteiger charge is 2.20. The first-order valence-electron chi connectivity index (χ1n) is 9.85. The smallest absolute Gasteiger partial charge is 0.254 e. The Morgan fingerprint density at radius 3 is 2.47 bits per heavy atom. The molecule has 1 heterocycles. The number of benzene rings is 2. The van der Waals surface area contributed by atoms with E-state index in [-0.39, 0.29) is 25.1 Å². The van der Waals surface area contributed by atoms with Crippen LogP contribution in [0, 0.1) is 11.6 Å². The monoisotopic (exact) mass is 418 g/mol. The predicted molar refractivity (Wildman–Crippen MR) is 107 cm³/mol. The highest BCUT2D eigenvalue weighted by atomic mass is 19.1. The summed E-state index contributed by atoms with van der Waals surface area (Å²) in [6, 6.07) is 9.90. The molecule has 0 spiro atoms. The molecule has 0 aromatic heterocycles. The molecule has 6 nitrogen and oxygen atoms in total. The maximum absolute atomic E-state index is 13.7. The Morgan fingerprint density at radius 1 is 1.17 bits per heavy atom. The second-order valence-corrected chi connectivity index (χ2v) is 6.93. The van der Waals surface area contributed by atoms with Gasteiger partial charge in [-0.25, -0.2) is 8.78 Å². The molecule has 2 aromatic carbocycles. The summed E-state index contributed by atoms with van der Waals surface area (Å²) in [5.41, 5.74) is -0.148. The number of para-hydroxylation sites is 1. The first-order chi connectivity index (χ1) is 14.5. The Kier molecular flexibility index (Phi) is 7.35. The van der Waals surface area contributed by atoms with E-state index >= 15 is 0 Å². The van der Waals surface area contributed by atoms with Crippen LogP contribution in [0.25, 0.3) is 0 Å². The summed E-state index contributed by atoms with van der Waals surface area (Å²) in [5, 5.41) is 2.19. The Hall–Kier alpha value is -3.00. The molecule has 1 aliphatic heterocycles. The zero-order chi connectivity index (χ0) is 21.5. The van der Waals surface area contributed by atoms with Crippen LogP contribution in [0.15, 0.2) is 42.5 Å². The van der Waals surface area contributed by atoms with E-state index < -0.39 is 23.2 Å². The lowest BCUT2D eigenvalue weighted by molar-refractivity contribution is -0.116. The molecular formula is C22H24F2N2O4. The first-order valence-corrected chi connectivity index (χ1v) is 9.85. The van der Waals surface area contributed by atoms with E-state index in [1.165, 1.54) is 11.0 Å². The molecule has 3 rings (SSSR count). The molecule has 1 N–H and O–H groups in total. The van der Waals surface area contributed by atoms with Crippen LogP contribution in [0.1, 0.15) is 30.1 Å². The van der Waals surface area contributed by atoms with Gasteiger partial charge in [0.1, 0.15) is 36.2 Å². The number of amides is 2. The van der Waals surface area contributed by atoms with Crippen LogP contribution in [-0.2, 0) is 9.53 Å². The molecule has 0 aliphatic carbocycles. The average Bonchev–Trinajstić information content (AvgIpc) is 3.27. The van der Waals surface area contributed by atoms with Gasteiger partial charge in [0.05, 0.1) is 6.10 Å². The first kappa shape index (κ1) is 21.7. The summed E-state index contributed by atoms with van der Waals surface area (Å²) in [6.45, 7) is 2.85. The largest absolute Gasteiger partial charge is 0.491 e. The lowest BCUT2D eigenvalue weighted by atomic mass is 10.2. The molecule has 160 valence electrons. The summed E-state index contributed by atoms with van der Waals surface area (Å²) in [4.78, 5) is 26.2. The third-order valence-corrected chi connectivity index (χ3v) is 4.79. The minimum atomic E-state index is -0.878. The van der Waals surface area contributed by atoms with E-state index in [1.807, 2.05) is 0 Å². The normalized spacial score (nSPS) is 15.6. The number of anilines is 1. The molecule has 1 aliphatic rings. The van der Waals surface area contributed by atoms with Crippen LogP contribution in [0.2, 0.25) is 0 Å². The minimum absolute atomic E-state index is 0.0969. The van der Waals surface area contributed by atoms with Gasteiger partial charge in [0, 0.05) is 18.7 Å². The van der Waals surface area contributed by atoms with Crippen molar-refractivity contribution in [2.75, 3.05) is 31.6 Å². The van der Waals surface area contributed by atoms with Crippen LogP contribution in [0.5, 0.6) is 5.75 Å². The number of nitrogens with zero attached hydrogens (tertiary/aromatic N) is 1. The number of likely N-dealkylation sites (N-methyl/N-ethyl adjacent to an activating group) is 1. The van der Waals surface area contributed by atoms with Crippen molar-refractivity contribution in [3.63, 3.8) is 0 Å². The summed E-state index contributed by atoms with van der Waals surface area (Å²) >= 11 is 0. The number of rotatable bonds is 8. The van der Waals surface area contributed by atoms with E-state index in [9.17, 15) is 18.4 Å². The van der Waals surface area contributed by atoms with Crippen LogP contribution < -0.4 is 10.1 Å². The molecule has 1 saturated heterocycles. The van der Waals surface area contributed by atoms with Gasteiger partial charge in [-0.2, -0.15) is 0 Å². The number of hydrogen-bond donors (Lipinski definition) is 1. The standard InChI is InChI=1S/C22H24F2N2O4/c1-2-26(13-20(27)25-21-18(23)6-3-7-19(21)24)22(28)15-8-10-16(11-9-15)30-14-17-5-4-12-29-17/h3,6-11,17H,2,4-5,12-14H2,1H3,(H,25,27). The third kappa shape index (κ3) is 5.54. The van der Waals surface area contributed by atoms with Gasteiger partial charge in [0.2, 0.25) is 5.91 Å². The van der Waals surface area contributed by atoms with Gasteiger partial charge in [0.25, 0.3) is 5.91 Å². The van der Waals surface area contributed by atoms with Gasteiger partial charge in [-0.1, -0.05) is 6.07 Å². The summed E-state index contributed by atoms with van der Waals surface area (Å²) in [7, 11) is 0. The minimum Gasteiger partial charge on any atom is -0.491 e. The molecule has 0 saturated carbocycles. The van der Waals surface area contributed by atoms with Gasteiger partial charge in [-0.15, -0.1) is 0 Å². The van der Waals surface area contributed by atoms with E-state index in [0.717, 1.165) is 31.6 Å². The topological polar surface area (TPSA) is 67.9 Å². The van der Waals surface area contributed by atoms with Gasteiger partial charge in [-0.3, -0.25) is 9.59 Å². The van der Waals surface area contributed by atoms with Crippen LogP contribution >= 0.6 is 0 Å². The van der Waals surface area contributed by atoms with E-state index in [0.29, 0.717) is 17.9 Å². The second kappa shape index (κ2) is 10.2. The van der Waals surface area contributed by atoms with Crippen LogP contribution in [0.3, 0.4) is 0 Å². The van der Waals surface area contributed by atoms with Crippen molar-refractivity contribution in [3.05, 3.63) is 59.7 Å². The van der Waals surface area contributed by atoms with Crippen molar-refractivity contribution in [1.29, 1.82) is 0 Å². The summed E-state index contributed by atoms with van der Waals surface area (Å²) in [5.74, 6) is -2.19. The van der Waals surface area contributed by atoms with Crippen molar-refractivity contribution in [2.24, 2.45) is 0 Å². The molecule has 0 radical (unpaired) electrons. The summed E-state index contributed by atoms with van der Waals surface area (Å²) in [6.07, 6.45) is 2.10. The molecule has 1 atom stereocenters. The van der Waals surface area contributed by atoms with Crippen LogP contribution in [-0.4, -0.2) is 49.1 Å². The highest BCUT2D eigenvalue weighted by molar-refractivity contribution is 5.99. The molecule has 30 heavy (non-hydrogen) atoms. The fourth-order valence-electron chi connectivity index (χ4n) is 3.14. The number of ether oxygens (including phenoxy) is 2. The van der Waals surface area contributed by atoms with Gasteiger partial charge < -0.3 is 19.7 Å². The zero-order valence-electron chi connectivity index (χ0n) is 16.7. The van der Waals surface area contributed by atoms with E-state index in [4.69, 9.17) is 9.47 Å². The molecule has 1 fully saturated rings. The van der Waals surface area contributed by atoms with E-state index in [1.54, 1.807) is 31.2 Å². The third-order valence-electron chi connectivity index (χ3n) is 4.79. The molecule has 2 amide bonds. The van der Waals surface area contributed by atoms with Gasteiger partial charge in [-0.05, 0) is 56.2 Å². The zero-order valence-corrected chi connectivity index (χ0v) is 16.7. The molecule has 2 aromatic rings. The molecule has 0 bridgehead atoms. The van der Waals surface area contributed by atoms with Crippen molar-refractivity contribution >= 4 is 17.5 Å². The lowest BCUT2D eigenvalue weighted by Crippen LogP contribution is -2.38. The van der Waals surface area contributed by atoms with Crippen molar-refractivity contribution in [2.45, 2.75) is 25.9 Å². The number of halogens is 2. The van der Waals surface area contributed by atoms with Crippen LogP contribution in [0.4, 0.5) is 14.5 Å². The van der Waals surface area contributed by atoms with Crippen molar-refractivity contribution in [1.82, 2.24) is 4.90 Å². The SMILES string of the molecule is CCN(CC(=O)Nc1c(F)cccc1F)C(=O)c1ccc(OCC2CCCO2)cc1. The van der Waals surface area contributed by atoms with Crippen molar-refractivity contribution < 1.29 is 27.8 Å². The van der Waals surface area contributed by atoms with Gasteiger partial charge >= 0.3 is 0 Å². The Balaban J connectivity index is 1.57. The average molecular weight is 418 g/mol. The second-order valence-electron chi connectivity index (χ2n) is 6.93. The fourth-order valence-corrected chi connectivity index (χ4v) is 3.14. The van der Waals surface area contributed by atoms with E-state index in [2.05, 4.69) is 5.32 Å². The lowest BCUT2D eigenvalue weighted by Gasteiger charge is -2.21. The fraction of sp³-hybridized carbons (Fsp3) is 0.364. The number of carbonyl (C=O) groups excluding carboxylic acids is 2. The quantitative estimate of drug-likeness (QED) is 0.711. The van der Waals surface area contributed by atoms with Gasteiger partial charge in [0.15, 0.2) is 0 Å². The Bertz CT molecular complexity index is 863. The van der Waals surface area contributed by atoms with Crippen molar-refractivity contribution in [3.8, 4) is 5.75 Å². The Morgan fingerprint density at radius 2 is 1.87 bits per heavy atom. The highest BCUT2D eigenvalue weighted by Crippen LogP contribution is 2.19. The number of hydrogen-bond acceptors (Lipinski definition) is 4. The Labute approximate surface area is 173 Å².